The number of likely N-dealkylation sites (tertiary alicyclic amines) is 1. The van der Waals surface area contributed by atoms with Gasteiger partial charge in [-0.25, -0.2) is 14.5 Å². The number of anilines is 1. The van der Waals surface area contributed by atoms with Crippen LogP contribution in [0.2, 0.25) is 0 Å². The summed E-state index contributed by atoms with van der Waals surface area (Å²) < 4.78 is 11.8. The van der Waals surface area contributed by atoms with Crippen LogP contribution in [0.3, 0.4) is 0 Å². The molecule has 5 aromatic carbocycles. The quantitative estimate of drug-likeness (QED) is 0.104. The summed E-state index contributed by atoms with van der Waals surface area (Å²) in [6.45, 7) is 5.42. The number of nitrogens with one attached hydrogen (secondary N) is 1. The van der Waals surface area contributed by atoms with Crippen LogP contribution in [0.1, 0.15) is 97.5 Å². The van der Waals surface area contributed by atoms with Crippen molar-refractivity contribution < 1.29 is 38.6 Å². The van der Waals surface area contributed by atoms with E-state index in [1.54, 1.807) is 49.1 Å². The zero-order chi connectivity index (χ0) is 49.8. The van der Waals surface area contributed by atoms with Gasteiger partial charge in [0.2, 0.25) is 11.8 Å². The number of aromatic hydroxyl groups is 1. The minimum Gasteiger partial charge on any atom is -0.508 e. The van der Waals surface area contributed by atoms with Gasteiger partial charge in [0, 0.05) is 25.2 Å². The summed E-state index contributed by atoms with van der Waals surface area (Å²) in [6.07, 6.45) is 3.43. The molecule has 4 aliphatic heterocycles. The normalized spacial score (nSPS) is 23.5. The van der Waals surface area contributed by atoms with Crippen molar-refractivity contribution in [2.75, 3.05) is 38.7 Å². The molecule has 7 unspecified atom stereocenters. The highest BCUT2D eigenvalue weighted by Gasteiger charge is 2.76. The van der Waals surface area contributed by atoms with Gasteiger partial charge in [-0.2, -0.15) is 0 Å². The van der Waals surface area contributed by atoms with E-state index < -0.39 is 77.3 Å². The Morgan fingerprint density at radius 1 is 0.803 bits per heavy atom. The van der Waals surface area contributed by atoms with Gasteiger partial charge in [-0.1, -0.05) is 148 Å². The standard InChI is InChI=1S/C58H61N5O8/c1-38(2)48(54(66)70-4)59-57(69)62-46-32-27-39(22-19-33-60(3)37-40-20-11-8-12-21-40)36-45(46)58(56(62)68)47(53(65)61-34-17-6-5-7-18-35-61)50-55(67)71-51(42-25-15-10-16-26-42)49(41-23-13-9-14-24-41)63(50)52(58)43-28-30-44(64)31-29-43/h8-16,20-21,23-32,36,38,47-52,64H,5-7,17-18,33-35,37H2,1-4H3,(H,59,69). The first-order valence-corrected chi connectivity index (χ1v) is 24.7. The molecule has 4 aliphatic rings. The third kappa shape index (κ3) is 9.30. The van der Waals surface area contributed by atoms with Crippen LogP contribution in [0.15, 0.2) is 133 Å². The minimum absolute atomic E-state index is 0.0260. The second kappa shape index (κ2) is 21.0. The highest BCUT2D eigenvalue weighted by atomic mass is 16.6. The maximum atomic E-state index is 16.7. The Morgan fingerprint density at radius 3 is 2.06 bits per heavy atom. The molecule has 71 heavy (non-hydrogen) atoms. The van der Waals surface area contributed by atoms with Gasteiger partial charge >= 0.3 is 18.0 Å². The topological polar surface area (TPSA) is 149 Å². The number of hydrogen-bond acceptors (Lipinski definition) is 10. The predicted octanol–water partition coefficient (Wildman–Crippen LogP) is 8.24. The number of carbonyl (C=O) groups is 5. The molecule has 4 amide bonds. The number of esters is 2. The summed E-state index contributed by atoms with van der Waals surface area (Å²) in [6, 6.07) is 35.6. The summed E-state index contributed by atoms with van der Waals surface area (Å²) in [4.78, 5) is 83.8. The van der Waals surface area contributed by atoms with E-state index in [4.69, 9.17) is 9.47 Å². The number of phenolic OH excluding ortho intramolecular Hbond substituents is 1. The van der Waals surface area contributed by atoms with Gasteiger partial charge in [0.25, 0.3) is 0 Å². The van der Waals surface area contributed by atoms with Crippen LogP contribution in [0.25, 0.3) is 0 Å². The smallest absolute Gasteiger partial charge is 0.329 e. The highest BCUT2D eigenvalue weighted by molar-refractivity contribution is 6.25. The van der Waals surface area contributed by atoms with Gasteiger partial charge in [0.15, 0.2) is 0 Å². The lowest BCUT2D eigenvalue weighted by Crippen LogP contribution is -2.58. The lowest BCUT2D eigenvalue weighted by molar-refractivity contribution is -0.179. The van der Waals surface area contributed by atoms with E-state index in [0.29, 0.717) is 48.4 Å². The van der Waals surface area contributed by atoms with Crippen LogP contribution in [-0.2, 0) is 40.6 Å². The summed E-state index contributed by atoms with van der Waals surface area (Å²) in [5.41, 5.74) is 2.17. The largest absolute Gasteiger partial charge is 0.508 e. The Kier molecular flexibility index (Phi) is 14.4. The van der Waals surface area contributed by atoms with E-state index in [2.05, 4.69) is 34.2 Å². The maximum Gasteiger partial charge on any atom is 0.329 e. The monoisotopic (exact) mass is 955 g/mol. The SMILES string of the molecule is COC(=O)C(NC(=O)N1C(=O)C2(c3cc(C#CCN(C)Cc4ccccc4)ccc31)C(C(=O)N1CCCCCCC1)C1C(=O)OC(c3ccccc3)C(c3ccccc3)N1C2c1ccc(O)cc1)C(C)C. The van der Waals surface area contributed by atoms with Crippen molar-refractivity contribution in [3.05, 3.63) is 167 Å². The van der Waals surface area contributed by atoms with E-state index in [0.717, 1.165) is 48.1 Å². The Bertz CT molecular complexity index is 2810. The van der Waals surface area contributed by atoms with Crippen molar-refractivity contribution in [1.29, 1.82) is 0 Å². The molecular formula is C58H61N5O8. The van der Waals surface area contributed by atoms with Crippen molar-refractivity contribution >= 4 is 35.5 Å². The fourth-order valence-corrected chi connectivity index (χ4v) is 11.3. The number of cyclic esters (lactones) is 1. The van der Waals surface area contributed by atoms with Crippen LogP contribution in [0.5, 0.6) is 5.75 Å². The lowest BCUT2D eigenvalue weighted by atomic mass is 9.64. The lowest BCUT2D eigenvalue weighted by Gasteiger charge is -2.46. The van der Waals surface area contributed by atoms with Gasteiger partial charge in [0.05, 0.1) is 37.3 Å². The average Bonchev–Trinajstić information content (AvgIpc) is 3.82. The molecule has 9 rings (SSSR count). The minimum atomic E-state index is -2.01. The number of phenols is 1. The number of benzene rings is 5. The number of fused-ring (bicyclic) bond motifs is 3. The van der Waals surface area contributed by atoms with Crippen molar-refractivity contribution in [3.8, 4) is 17.6 Å². The van der Waals surface area contributed by atoms with E-state index in [1.165, 1.54) is 19.2 Å². The third-order valence-corrected chi connectivity index (χ3v) is 14.6. The van der Waals surface area contributed by atoms with E-state index in [9.17, 15) is 9.90 Å². The molecule has 0 radical (unpaired) electrons. The summed E-state index contributed by atoms with van der Waals surface area (Å²) in [5, 5.41) is 13.6. The maximum absolute atomic E-state index is 16.7. The third-order valence-electron chi connectivity index (χ3n) is 14.6. The summed E-state index contributed by atoms with van der Waals surface area (Å²) in [5.74, 6) is 2.21. The predicted molar refractivity (Wildman–Crippen MR) is 269 cm³/mol. The molecule has 366 valence electrons. The fourth-order valence-electron chi connectivity index (χ4n) is 11.3. The Hall–Kier alpha value is -7.27. The van der Waals surface area contributed by atoms with Crippen LogP contribution in [0, 0.1) is 23.7 Å². The molecule has 0 aliphatic carbocycles. The Morgan fingerprint density at radius 2 is 1.42 bits per heavy atom. The summed E-state index contributed by atoms with van der Waals surface area (Å²) >= 11 is 0. The Labute approximate surface area is 415 Å². The zero-order valence-corrected chi connectivity index (χ0v) is 40.7. The number of amides is 4. The first-order chi connectivity index (χ1) is 34.4. The van der Waals surface area contributed by atoms with Crippen LogP contribution >= 0.6 is 0 Å². The number of urea groups is 1. The van der Waals surface area contributed by atoms with Crippen LogP contribution in [0.4, 0.5) is 10.5 Å². The van der Waals surface area contributed by atoms with Gasteiger partial charge in [-0.3, -0.25) is 24.2 Å². The van der Waals surface area contributed by atoms with Crippen LogP contribution < -0.4 is 10.2 Å². The molecule has 5 aromatic rings. The number of hydrogen-bond donors (Lipinski definition) is 2. The molecule has 7 atom stereocenters. The second-order valence-corrected chi connectivity index (χ2v) is 19.5. The van der Waals surface area contributed by atoms with E-state index in [1.807, 2.05) is 90.8 Å². The van der Waals surface area contributed by atoms with Crippen molar-refractivity contribution in [3.63, 3.8) is 0 Å². The number of ether oxygens (including phenoxy) is 2. The molecule has 1 spiro atoms. The van der Waals surface area contributed by atoms with Crippen molar-refractivity contribution in [2.24, 2.45) is 11.8 Å². The molecule has 2 N–H and O–H groups in total. The van der Waals surface area contributed by atoms with Gasteiger partial charge in [0.1, 0.15) is 29.4 Å². The van der Waals surface area contributed by atoms with E-state index >= 15 is 19.2 Å². The molecule has 0 saturated carbocycles. The molecule has 3 saturated heterocycles. The molecule has 0 aromatic heterocycles. The molecule has 13 nitrogen and oxygen atoms in total. The number of rotatable bonds is 10. The van der Waals surface area contributed by atoms with E-state index in [-0.39, 0.29) is 11.4 Å². The summed E-state index contributed by atoms with van der Waals surface area (Å²) in [7, 11) is 3.22. The van der Waals surface area contributed by atoms with Crippen molar-refractivity contribution in [1.82, 2.24) is 20.0 Å². The van der Waals surface area contributed by atoms with Gasteiger partial charge < -0.3 is 24.8 Å². The number of imide groups is 1. The molecule has 13 heteroatoms. The zero-order valence-electron chi connectivity index (χ0n) is 40.7. The molecule has 0 bridgehead atoms. The fraction of sp³-hybridized carbons (Fsp3) is 0.362. The van der Waals surface area contributed by atoms with Gasteiger partial charge in [-0.15, -0.1) is 0 Å². The highest BCUT2D eigenvalue weighted by Crippen LogP contribution is 2.66. The average molecular weight is 956 g/mol. The van der Waals surface area contributed by atoms with Gasteiger partial charge in [-0.05, 0) is 84.0 Å². The number of nitrogens with zero attached hydrogens (tertiary/aromatic N) is 4. The number of methoxy groups -OCH3 is 1. The van der Waals surface area contributed by atoms with Crippen LogP contribution in [-0.4, -0.2) is 95.5 Å². The second-order valence-electron chi connectivity index (χ2n) is 19.5. The molecular weight excluding hydrogens is 895 g/mol. The van der Waals surface area contributed by atoms with Crippen molar-refractivity contribution in [2.45, 2.75) is 88.2 Å². The number of carbonyl (C=O) groups excluding carboxylic acids is 5. The first-order valence-electron chi connectivity index (χ1n) is 24.7. The first kappa shape index (κ1) is 48.7. The molecule has 3 fully saturated rings. The Balaban J connectivity index is 1.31. The number of morpholine rings is 1. The molecule has 4 heterocycles.